The molecule has 1 atom stereocenters. The van der Waals surface area contributed by atoms with Crippen LogP contribution in [0.5, 0.6) is 0 Å². The van der Waals surface area contributed by atoms with Crippen molar-refractivity contribution in [3.8, 4) is 12.1 Å². The summed E-state index contributed by atoms with van der Waals surface area (Å²) in [6.07, 6.45) is 0.492. The second kappa shape index (κ2) is 7.72. The fourth-order valence-corrected chi connectivity index (χ4v) is 3.02. The second-order valence-electron chi connectivity index (χ2n) is 6.13. The zero-order chi connectivity index (χ0) is 19.4. The van der Waals surface area contributed by atoms with Gasteiger partial charge in [-0.15, -0.1) is 0 Å². The first-order chi connectivity index (χ1) is 13.1. The summed E-state index contributed by atoms with van der Waals surface area (Å²) in [6.45, 7) is 3.83. The highest BCUT2D eigenvalue weighted by atomic mass is 16.5. The van der Waals surface area contributed by atoms with Crippen molar-refractivity contribution in [2.24, 2.45) is 0 Å². The molecule has 0 saturated carbocycles. The molecular weight excluding hydrogens is 340 g/mol. The summed E-state index contributed by atoms with van der Waals surface area (Å²) >= 11 is 0. The van der Waals surface area contributed by atoms with Gasteiger partial charge < -0.3 is 9.30 Å². The van der Waals surface area contributed by atoms with E-state index in [-0.39, 0.29) is 5.97 Å². The van der Waals surface area contributed by atoms with E-state index in [0.29, 0.717) is 35.5 Å². The molecule has 6 heteroatoms. The lowest BCUT2D eigenvalue weighted by atomic mass is 10.1. The second-order valence-corrected chi connectivity index (χ2v) is 6.13. The lowest BCUT2D eigenvalue weighted by molar-refractivity contribution is -0.146. The molecule has 0 aliphatic heterocycles. The number of benzene rings is 2. The monoisotopic (exact) mass is 358 g/mol. The molecule has 0 aliphatic carbocycles. The van der Waals surface area contributed by atoms with Crippen LogP contribution < -0.4 is 0 Å². The minimum atomic E-state index is -0.572. The summed E-state index contributed by atoms with van der Waals surface area (Å²) in [4.78, 5) is 17.0. The van der Waals surface area contributed by atoms with Gasteiger partial charge in [0.25, 0.3) is 0 Å². The van der Waals surface area contributed by atoms with Crippen molar-refractivity contribution in [2.75, 3.05) is 6.61 Å². The Hall–Kier alpha value is -3.64. The summed E-state index contributed by atoms with van der Waals surface area (Å²) in [7, 11) is 0. The van der Waals surface area contributed by atoms with Crippen molar-refractivity contribution in [3.63, 3.8) is 0 Å². The molecule has 0 spiro atoms. The Morgan fingerprint density at radius 1 is 1.15 bits per heavy atom. The quantitative estimate of drug-likeness (QED) is 0.651. The fourth-order valence-electron chi connectivity index (χ4n) is 3.02. The van der Waals surface area contributed by atoms with Crippen molar-refractivity contribution in [1.82, 2.24) is 9.55 Å². The summed E-state index contributed by atoms with van der Waals surface area (Å²) in [5.74, 6) is 0.352. The van der Waals surface area contributed by atoms with Gasteiger partial charge in [-0.05, 0) is 49.7 Å². The van der Waals surface area contributed by atoms with Crippen LogP contribution in [0.15, 0.2) is 42.5 Å². The number of imidazole rings is 1. The molecule has 3 rings (SSSR count). The Kier molecular flexibility index (Phi) is 5.19. The van der Waals surface area contributed by atoms with E-state index in [4.69, 9.17) is 10.00 Å². The van der Waals surface area contributed by atoms with Crippen LogP contribution in [0, 0.1) is 22.7 Å². The van der Waals surface area contributed by atoms with Gasteiger partial charge in [-0.2, -0.15) is 10.5 Å². The first-order valence-corrected chi connectivity index (χ1v) is 8.64. The number of hydrogen-bond donors (Lipinski definition) is 0. The molecule has 0 aliphatic rings. The molecule has 0 fully saturated rings. The van der Waals surface area contributed by atoms with E-state index in [1.54, 1.807) is 44.2 Å². The number of fused-ring (bicyclic) bond motifs is 1. The number of ether oxygens (including phenoxy) is 1. The van der Waals surface area contributed by atoms with Crippen molar-refractivity contribution in [2.45, 2.75) is 26.3 Å². The maximum atomic E-state index is 12.4. The van der Waals surface area contributed by atoms with Gasteiger partial charge in [0.05, 0.1) is 40.9 Å². The molecule has 0 amide bonds. The van der Waals surface area contributed by atoms with Crippen LogP contribution in [0.3, 0.4) is 0 Å². The number of carbonyl (C=O) groups excluding carboxylic acids is 1. The van der Waals surface area contributed by atoms with E-state index in [0.717, 1.165) is 11.1 Å². The molecule has 3 aromatic rings. The Morgan fingerprint density at radius 2 is 1.81 bits per heavy atom. The average molecular weight is 358 g/mol. The van der Waals surface area contributed by atoms with E-state index in [9.17, 15) is 10.1 Å². The minimum absolute atomic E-state index is 0.296. The number of rotatable bonds is 5. The van der Waals surface area contributed by atoms with E-state index < -0.39 is 6.04 Å². The van der Waals surface area contributed by atoms with Crippen molar-refractivity contribution < 1.29 is 9.53 Å². The van der Waals surface area contributed by atoms with Gasteiger partial charge in [-0.3, -0.25) is 0 Å². The molecule has 0 N–H and O–H groups in total. The number of esters is 1. The van der Waals surface area contributed by atoms with Gasteiger partial charge in [0.1, 0.15) is 11.9 Å². The van der Waals surface area contributed by atoms with Crippen LogP contribution >= 0.6 is 0 Å². The number of nitriles is 2. The molecule has 0 radical (unpaired) electrons. The summed E-state index contributed by atoms with van der Waals surface area (Å²) in [5, 5.41) is 18.2. The zero-order valence-electron chi connectivity index (χ0n) is 15.1. The van der Waals surface area contributed by atoms with E-state index in [2.05, 4.69) is 17.1 Å². The molecular formula is C21H18N4O2. The summed E-state index contributed by atoms with van der Waals surface area (Å²) in [6, 6.07) is 16.1. The normalized spacial score (nSPS) is 11.6. The van der Waals surface area contributed by atoms with Gasteiger partial charge in [0.15, 0.2) is 0 Å². The highest BCUT2D eigenvalue weighted by molar-refractivity contribution is 5.82. The van der Waals surface area contributed by atoms with Crippen LogP contribution in [-0.2, 0) is 16.0 Å². The van der Waals surface area contributed by atoms with Crippen molar-refractivity contribution in [1.29, 1.82) is 10.5 Å². The topological polar surface area (TPSA) is 91.7 Å². The molecule has 27 heavy (non-hydrogen) atoms. The maximum absolute atomic E-state index is 12.4. The molecule has 6 nitrogen and oxygen atoms in total. The highest BCUT2D eigenvalue weighted by Gasteiger charge is 2.23. The third-order valence-corrected chi connectivity index (χ3v) is 4.35. The van der Waals surface area contributed by atoms with E-state index in [1.165, 1.54) is 0 Å². The lowest BCUT2D eigenvalue weighted by Gasteiger charge is -2.16. The smallest absolute Gasteiger partial charge is 0.328 e. The number of aromatic nitrogens is 2. The Balaban J connectivity index is 2.09. The fraction of sp³-hybridized carbons (Fsp3) is 0.238. The molecule has 2 aromatic carbocycles. The number of carbonyl (C=O) groups is 1. The molecule has 0 saturated heterocycles. The van der Waals surface area contributed by atoms with Crippen LogP contribution in [0.25, 0.3) is 11.0 Å². The standard InChI is InChI=1S/C21H18N4O2/c1-3-27-21(26)14(2)25-19-10-17(13-23)8-9-18(19)24-20(25)11-15-4-6-16(12-22)7-5-15/h4-10,14H,3,11H2,1-2H3. The van der Waals surface area contributed by atoms with Crippen LogP contribution in [-0.4, -0.2) is 22.1 Å². The van der Waals surface area contributed by atoms with Crippen molar-refractivity contribution in [3.05, 3.63) is 65.0 Å². The number of nitrogens with zero attached hydrogens (tertiary/aromatic N) is 4. The molecule has 1 heterocycles. The first-order valence-electron chi connectivity index (χ1n) is 8.64. The van der Waals surface area contributed by atoms with Gasteiger partial charge in [-0.1, -0.05) is 12.1 Å². The van der Waals surface area contributed by atoms with E-state index in [1.807, 2.05) is 16.7 Å². The van der Waals surface area contributed by atoms with Gasteiger partial charge in [0, 0.05) is 6.42 Å². The predicted octanol–water partition coefficient (Wildman–Crippen LogP) is 3.49. The van der Waals surface area contributed by atoms with Crippen molar-refractivity contribution >= 4 is 17.0 Å². The summed E-state index contributed by atoms with van der Waals surface area (Å²) in [5.41, 5.74) is 3.50. The third-order valence-electron chi connectivity index (χ3n) is 4.35. The largest absolute Gasteiger partial charge is 0.464 e. The summed E-state index contributed by atoms with van der Waals surface area (Å²) < 4.78 is 7.01. The Labute approximate surface area is 157 Å². The first kappa shape index (κ1) is 18.2. The molecule has 134 valence electrons. The number of hydrogen-bond acceptors (Lipinski definition) is 5. The third kappa shape index (κ3) is 3.65. The zero-order valence-corrected chi connectivity index (χ0v) is 15.1. The molecule has 1 unspecified atom stereocenters. The van der Waals surface area contributed by atoms with E-state index >= 15 is 0 Å². The molecule has 0 bridgehead atoms. The van der Waals surface area contributed by atoms with Gasteiger partial charge in [-0.25, -0.2) is 9.78 Å². The highest BCUT2D eigenvalue weighted by Crippen LogP contribution is 2.25. The maximum Gasteiger partial charge on any atom is 0.328 e. The average Bonchev–Trinajstić information content (AvgIpc) is 3.04. The van der Waals surface area contributed by atoms with Crippen LogP contribution in [0.4, 0.5) is 0 Å². The SMILES string of the molecule is CCOC(=O)C(C)n1c(Cc2ccc(C#N)cc2)nc2ccc(C#N)cc21. The van der Waals surface area contributed by atoms with Crippen LogP contribution in [0.2, 0.25) is 0 Å². The Morgan fingerprint density at radius 3 is 2.44 bits per heavy atom. The molecule has 1 aromatic heterocycles. The Bertz CT molecular complexity index is 1070. The van der Waals surface area contributed by atoms with Crippen LogP contribution in [0.1, 0.15) is 42.4 Å². The lowest BCUT2D eigenvalue weighted by Crippen LogP contribution is -2.21. The minimum Gasteiger partial charge on any atom is -0.464 e. The van der Waals surface area contributed by atoms with Gasteiger partial charge >= 0.3 is 5.97 Å². The predicted molar refractivity (Wildman–Crippen MR) is 99.8 cm³/mol. The van der Waals surface area contributed by atoms with Gasteiger partial charge in [0.2, 0.25) is 0 Å².